The van der Waals surface area contributed by atoms with E-state index in [1.165, 1.54) is 47.4 Å². The van der Waals surface area contributed by atoms with Crippen molar-refractivity contribution in [2.45, 2.75) is 38.8 Å². The Balaban J connectivity index is 1.93. The van der Waals surface area contributed by atoms with Crippen LogP contribution in [0.4, 0.5) is 0 Å². The normalized spacial score (nSPS) is 12.0. The lowest BCUT2D eigenvalue weighted by molar-refractivity contribution is -0.150. The van der Waals surface area contributed by atoms with Crippen LogP contribution in [0.1, 0.15) is 48.3 Å². The van der Waals surface area contributed by atoms with Gasteiger partial charge in [-0.3, -0.25) is 9.59 Å². The van der Waals surface area contributed by atoms with E-state index >= 15 is 0 Å². The monoisotopic (exact) mass is 596 g/mol. The zero-order valence-electron chi connectivity index (χ0n) is 25.4. The van der Waals surface area contributed by atoms with E-state index in [1.807, 2.05) is 12.1 Å². The van der Waals surface area contributed by atoms with Crippen molar-refractivity contribution >= 4 is 17.8 Å². The molecule has 230 valence electrons. The number of methoxy groups -OCH3 is 5. The van der Waals surface area contributed by atoms with Gasteiger partial charge in [0.15, 0.2) is 11.4 Å². The molecule has 12 nitrogen and oxygen atoms in total. The van der Waals surface area contributed by atoms with E-state index in [4.69, 9.17) is 33.2 Å². The molecule has 0 saturated carbocycles. The molecule has 0 fully saturated rings. The fourth-order valence-electron chi connectivity index (χ4n) is 4.50. The topological polar surface area (TPSA) is 141 Å². The highest BCUT2D eigenvalue weighted by Gasteiger charge is 2.32. The van der Waals surface area contributed by atoms with Gasteiger partial charge in [-0.2, -0.15) is 0 Å². The number of nitrogens with one attached hydrogen (secondary N) is 1. The predicted molar refractivity (Wildman–Crippen MR) is 156 cm³/mol. The Morgan fingerprint density at radius 1 is 0.744 bits per heavy atom. The van der Waals surface area contributed by atoms with Crippen LogP contribution in [-0.2, 0) is 14.3 Å². The average Bonchev–Trinajstić information content (AvgIpc) is 3.00. The second kappa shape index (κ2) is 14.8. The van der Waals surface area contributed by atoms with Gasteiger partial charge in [-0.1, -0.05) is 12.1 Å². The lowest BCUT2D eigenvalue weighted by atomic mass is 9.85. The fourth-order valence-corrected chi connectivity index (χ4v) is 4.50. The quantitative estimate of drug-likeness (QED) is 0.287. The summed E-state index contributed by atoms with van der Waals surface area (Å²) in [7, 11) is 7.53. The summed E-state index contributed by atoms with van der Waals surface area (Å²) in [6.07, 6.45) is 0.545. The van der Waals surface area contributed by atoms with E-state index in [1.54, 1.807) is 45.4 Å². The minimum absolute atomic E-state index is 0.129. The number of pyridine rings is 1. The van der Waals surface area contributed by atoms with Crippen molar-refractivity contribution in [3.8, 4) is 34.5 Å². The number of ether oxygens (including phenoxy) is 7. The zero-order valence-corrected chi connectivity index (χ0v) is 25.4. The van der Waals surface area contributed by atoms with Crippen LogP contribution in [0, 0.1) is 0 Å². The lowest BCUT2D eigenvalue weighted by Crippen LogP contribution is -2.41. The summed E-state index contributed by atoms with van der Waals surface area (Å²) >= 11 is 0. The van der Waals surface area contributed by atoms with Gasteiger partial charge in [0.2, 0.25) is 5.75 Å². The van der Waals surface area contributed by atoms with Crippen molar-refractivity contribution in [1.29, 1.82) is 0 Å². The van der Waals surface area contributed by atoms with Gasteiger partial charge in [0.25, 0.3) is 5.91 Å². The third kappa shape index (κ3) is 7.64. The molecule has 0 saturated heterocycles. The summed E-state index contributed by atoms with van der Waals surface area (Å²) in [5.41, 5.74) is 1.18. The molecule has 2 atom stereocenters. The number of esters is 2. The Hall–Kier alpha value is -5.00. The van der Waals surface area contributed by atoms with Crippen molar-refractivity contribution in [2.75, 3.05) is 35.5 Å². The summed E-state index contributed by atoms with van der Waals surface area (Å²) in [4.78, 5) is 42.1. The zero-order chi connectivity index (χ0) is 31.7. The molecule has 0 aliphatic carbocycles. The average molecular weight is 597 g/mol. The molecular formula is C31H36N2O10. The molecule has 1 N–H and O–H groups in total. The third-order valence-electron chi connectivity index (χ3n) is 6.57. The SMILES string of the molecule is COc1ccc(C(c2ccc(OC)cc2OC)[C@H](C)OC(=O)[C@H](C)NC(=O)c2nccc(OC)c2OC(C)=O)c(OC)c1. The molecule has 0 aliphatic heterocycles. The van der Waals surface area contributed by atoms with Crippen LogP contribution < -0.4 is 33.7 Å². The first kappa shape index (κ1) is 32.5. The molecule has 1 aromatic heterocycles. The van der Waals surface area contributed by atoms with Gasteiger partial charge in [0.05, 0.1) is 41.5 Å². The first-order valence-electron chi connectivity index (χ1n) is 13.2. The van der Waals surface area contributed by atoms with Crippen molar-refractivity contribution in [3.05, 3.63) is 65.5 Å². The molecule has 3 rings (SSSR count). The molecule has 0 bridgehead atoms. The van der Waals surface area contributed by atoms with Gasteiger partial charge >= 0.3 is 11.9 Å². The van der Waals surface area contributed by atoms with Crippen molar-refractivity contribution in [2.24, 2.45) is 0 Å². The molecule has 43 heavy (non-hydrogen) atoms. The van der Waals surface area contributed by atoms with Gasteiger partial charge in [-0.05, 0) is 26.0 Å². The number of rotatable bonds is 13. The maximum absolute atomic E-state index is 13.3. The fraction of sp³-hybridized carbons (Fsp3) is 0.355. The van der Waals surface area contributed by atoms with Crippen molar-refractivity contribution in [3.63, 3.8) is 0 Å². The first-order valence-corrected chi connectivity index (χ1v) is 13.2. The van der Waals surface area contributed by atoms with E-state index in [0.29, 0.717) is 34.1 Å². The number of nitrogens with zero attached hydrogens (tertiary/aromatic N) is 1. The number of benzene rings is 2. The van der Waals surface area contributed by atoms with Crippen LogP contribution in [0.15, 0.2) is 48.7 Å². The van der Waals surface area contributed by atoms with Crippen LogP contribution in [0.3, 0.4) is 0 Å². The number of hydrogen-bond donors (Lipinski definition) is 1. The Bertz CT molecular complexity index is 1400. The summed E-state index contributed by atoms with van der Waals surface area (Å²) in [5.74, 6) is -0.573. The molecule has 3 aromatic rings. The van der Waals surface area contributed by atoms with Crippen molar-refractivity contribution in [1.82, 2.24) is 10.3 Å². The Kier molecular flexibility index (Phi) is 11.2. The van der Waals surface area contributed by atoms with Gasteiger partial charge in [0.1, 0.15) is 35.1 Å². The highest BCUT2D eigenvalue weighted by Crippen LogP contribution is 2.42. The minimum atomic E-state index is -1.11. The lowest BCUT2D eigenvalue weighted by Gasteiger charge is -2.29. The molecule has 12 heteroatoms. The molecule has 0 radical (unpaired) electrons. The predicted octanol–water partition coefficient (Wildman–Crippen LogP) is 3.93. The van der Waals surface area contributed by atoms with Crippen LogP contribution in [0.2, 0.25) is 0 Å². The molecule has 1 amide bonds. The third-order valence-corrected chi connectivity index (χ3v) is 6.57. The highest BCUT2D eigenvalue weighted by atomic mass is 16.6. The smallest absolute Gasteiger partial charge is 0.328 e. The van der Waals surface area contributed by atoms with E-state index < -0.39 is 35.9 Å². The molecule has 0 aliphatic rings. The maximum Gasteiger partial charge on any atom is 0.328 e. The summed E-state index contributed by atoms with van der Waals surface area (Å²) in [6.45, 7) is 4.38. The second-order valence-electron chi connectivity index (χ2n) is 9.32. The molecule has 0 unspecified atom stereocenters. The van der Waals surface area contributed by atoms with E-state index in [2.05, 4.69) is 10.3 Å². The number of carbonyl (C=O) groups excluding carboxylic acids is 3. The Labute approximate surface area is 250 Å². The standard InChI is InChI=1S/C31H36N2O10/c1-17(33-30(35)28-29(43-19(3)34)24(39-6)13-14-32-28)31(36)42-18(2)27(22-11-9-20(37-4)15-25(22)40-7)23-12-10-21(38-5)16-26(23)41-8/h9-18,27H,1-8H3,(H,33,35)/t17-,18-/m0/s1. The number of carbonyl (C=O) groups is 3. The van der Waals surface area contributed by atoms with Crippen LogP contribution >= 0.6 is 0 Å². The van der Waals surface area contributed by atoms with E-state index in [-0.39, 0.29) is 17.2 Å². The molecule has 2 aromatic carbocycles. The number of aromatic nitrogens is 1. The molecule has 1 heterocycles. The maximum atomic E-state index is 13.3. The Morgan fingerprint density at radius 2 is 1.28 bits per heavy atom. The molecule has 0 spiro atoms. The number of amides is 1. The van der Waals surface area contributed by atoms with Crippen LogP contribution in [-0.4, -0.2) is 70.5 Å². The van der Waals surface area contributed by atoms with Crippen LogP contribution in [0.5, 0.6) is 34.5 Å². The largest absolute Gasteiger partial charge is 0.497 e. The summed E-state index contributed by atoms with van der Waals surface area (Å²) < 4.78 is 38.3. The summed E-state index contributed by atoms with van der Waals surface area (Å²) in [5, 5.41) is 2.55. The van der Waals surface area contributed by atoms with Gasteiger partial charge in [-0.15, -0.1) is 0 Å². The first-order chi connectivity index (χ1) is 20.6. The minimum Gasteiger partial charge on any atom is -0.497 e. The second-order valence-corrected chi connectivity index (χ2v) is 9.32. The summed E-state index contributed by atoms with van der Waals surface area (Å²) in [6, 6.07) is 11.0. The van der Waals surface area contributed by atoms with Crippen LogP contribution in [0.25, 0.3) is 0 Å². The van der Waals surface area contributed by atoms with E-state index in [9.17, 15) is 14.4 Å². The van der Waals surface area contributed by atoms with Gasteiger partial charge in [0, 0.05) is 42.4 Å². The van der Waals surface area contributed by atoms with Gasteiger partial charge in [-0.25, -0.2) is 9.78 Å². The molecular weight excluding hydrogens is 560 g/mol. The van der Waals surface area contributed by atoms with Gasteiger partial charge < -0.3 is 38.5 Å². The number of hydrogen-bond acceptors (Lipinski definition) is 11. The Morgan fingerprint density at radius 3 is 1.74 bits per heavy atom. The van der Waals surface area contributed by atoms with Crippen molar-refractivity contribution < 1.29 is 47.5 Å². The van der Waals surface area contributed by atoms with E-state index in [0.717, 1.165) is 0 Å². The highest BCUT2D eigenvalue weighted by molar-refractivity contribution is 5.98.